The van der Waals surface area contributed by atoms with Crippen molar-refractivity contribution in [1.29, 1.82) is 0 Å². The third-order valence-electron chi connectivity index (χ3n) is 2.12. The highest BCUT2D eigenvalue weighted by Crippen LogP contribution is 2.16. The summed E-state index contributed by atoms with van der Waals surface area (Å²) in [5.74, 6) is 0. The standard InChI is InChI=1S/C11H10ClNO2S2/c12-9-3-1-5-11(7-9)17(14,15)13-8-10-4-2-6-16-10/h1-7,13H,8H2. The van der Waals surface area contributed by atoms with Gasteiger partial charge in [-0.2, -0.15) is 0 Å². The molecule has 17 heavy (non-hydrogen) atoms. The number of halogens is 1. The van der Waals surface area contributed by atoms with Gasteiger partial charge in [0.1, 0.15) is 0 Å². The molecule has 1 N–H and O–H groups in total. The topological polar surface area (TPSA) is 46.2 Å². The smallest absolute Gasteiger partial charge is 0.207 e. The minimum atomic E-state index is -3.49. The molecule has 0 atom stereocenters. The molecule has 0 spiro atoms. The van der Waals surface area contributed by atoms with Crippen LogP contribution in [0.25, 0.3) is 0 Å². The van der Waals surface area contributed by atoms with E-state index in [1.165, 1.54) is 23.5 Å². The monoisotopic (exact) mass is 287 g/mol. The van der Waals surface area contributed by atoms with E-state index in [4.69, 9.17) is 11.6 Å². The van der Waals surface area contributed by atoms with Gasteiger partial charge >= 0.3 is 0 Å². The lowest BCUT2D eigenvalue weighted by molar-refractivity contribution is 0.582. The van der Waals surface area contributed by atoms with E-state index in [9.17, 15) is 8.42 Å². The van der Waals surface area contributed by atoms with Gasteiger partial charge < -0.3 is 0 Å². The van der Waals surface area contributed by atoms with Crippen LogP contribution in [0, 0.1) is 0 Å². The summed E-state index contributed by atoms with van der Waals surface area (Å²) in [5.41, 5.74) is 0. The number of benzene rings is 1. The molecule has 2 rings (SSSR count). The van der Waals surface area contributed by atoms with Crippen LogP contribution in [0.4, 0.5) is 0 Å². The van der Waals surface area contributed by atoms with Crippen LogP contribution >= 0.6 is 22.9 Å². The second kappa shape index (κ2) is 5.18. The van der Waals surface area contributed by atoms with Gasteiger partial charge in [-0.1, -0.05) is 23.7 Å². The molecule has 1 aromatic carbocycles. The SMILES string of the molecule is O=S(=O)(NCc1cccs1)c1cccc(Cl)c1. The third kappa shape index (κ3) is 3.29. The minimum absolute atomic E-state index is 0.182. The summed E-state index contributed by atoms with van der Waals surface area (Å²) in [6.07, 6.45) is 0. The Bertz CT molecular complexity index is 594. The fraction of sp³-hybridized carbons (Fsp3) is 0.0909. The average molecular weight is 288 g/mol. The first-order valence-electron chi connectivity index (χ1n) is 4.85. The quantitative estimate of drug-likeness (QED) is 0.940. The summed E-state index contributed by atoms with van der Waals surface area (Å²) in [6, 6.07) is 9.96. The lowest BCUT2D eigenvalue weighted by Gasteiger charge is -2.05. The lowest BCUT2D eigenvalue weighted by atomic mass is 10.4. The molecule has 0 bridgehead atoms. The van der Waals surface area contributed by atoms with Gasteiger partial charge in [0, 0.05) is 16.4 Å². The van der Waals surface area contributed by atoms with Crippen molar-refractivity contribution in [2.45, 2.75) is 11.4 Å². The van der Waals surface area contributed by atoms with Crippen molar-refractivity contribution < 1.29 is 8.42 Å². The Morgan fingerprint density at radius 3 is 2.71 bits per heavy atom. The van der Waals surface area contributed by atoms with Gasteiger partial charge in [-0.05, 0) is 29.6 Å². The van der Waals surface area contributed by atoms with Crippen LogP contribution in [0.5, 0.6) is 0 Å². The maximum Gasteiger partial charge on any atom is 0.240 e. The first-order valence-corrected chi connectivity index (χ1v) is 7.59. The number of hydrogen-bond donors (Lipinski definition) is 1. The Labute approximate surface area is 109 Å². The van der Waals surface area contributed by atoms with Crippen molar-refractivity contribution in [3.05, 3.63) is 51.7 Å². The molecule has 3 nitrogen and oxygen atoms in total. The van der Waals surface area contributed by atoms with E-state index >= 15 is 0 Å². The number of thiophene rings is 1. The molecule has 0 saturated carbocycles. The molecule has 0 aliphatic carbocycles. The molecule has 1 heterocycles. The van der Waals surface area contributed by atoms with Crippen molar-refractivity contribution in [2.24, 2.45) is 0 Å². The zero-order valence-electron chi connectivity index (χ0n) is 8.76. The van der Waals surface area contributed by atoms with Crippen molar-refractivity contribution in [3.8, 4) is 0 Å². The van der Waals surface area contributed by atoms with E-state index in [1.807, 2.05) is 17.5 Å². The predicted octanol–water partition coefficient (Wildman–Crippen LogP) is 2.88. The van der Waals surface area contributed by atoms with E-state index in [-0.39, 0.29) is 4.90 Å². The highest BCUT2D eigenvalue weighted by Gasteiger charge is 2.13. The van der Waals surface area contributed by atoms with Crippen LogP contribution in [-0.4, -0.2) is 8.42 Å². The van der Waals surface area contributed by atoms with E-state index < -0.39 is 10.0 Å². The molecule has 90 valence electrons. The van der Waals surface area contributed by atoms with Gasteiger partial charge in [-0.15, -0.1) is 11.3 Å². The van der Waals surface area contributed by atoms with Crippen molar-refractivity contribution in [3.63, 3.8) is 0 Å². The van der Waals surface area contributed by atoms with Gasteiger partial charge in [0.05, 0.1) is 4.90 Å². The van der Waals surface area contributed by atoms with Gasteiger partial charge in [0.25, 0.3) is 0 Å². The molecule has 2 aromatic rings. The molecular weight excluding hydrogens is 278 g/mol. The Morgan fingerprint density at radius 2 is 2.06 bits per heavy atom. The van der Waals surface area contributed by atoms with E-state index in [1.54, 1.807) is 12.1 Å². The van der Waals surface area contributed by atoms with E-state index in [0.29, 0.717) is 11.6 Å². The lowest BCUT2D eigenvalue weighted by Crippen LogP contribution is -2.22. The molecule has 0 amide bonds. The molecule has 0 aliphatic rings. The van der Waals surface area contributed by atoms with Gasteiger partial charge in [-0.25, -0.2) is 13.1 Å². The van der Waals surface area contributed by atoms with Gasteiger partial charge in [0.15, 0.2) is 0 Å². The Kier molecular flexibility index (Phi) is 3.83. The van der Waals surface area contributed by atoms with Crippen LogP contribution in [0.3, 0.4) is 0 Å². The second-order valence-electron chi connectivity index (χ2n) is 3.36. The fourth-order valence-corrected chi connectivity index (χ4v) is 3.34. The van der Waals surface area contributed by atoms with Crippen LogP contribution in [0.15, 0.2) is 46.7 Å². The van der Waals surface area contributed by atoms with E-state index in [0.717, 1.165) is 4.88 Å². The molecule has 6 heteroatoms. The van der Waals surface area contributed by atoms with Crippen molar-refractivity contribution >= 4 is 33.0 Å². The average Bonchev–Trinajstić information content (AvgIpc) is 2.79. The summed E-state index contributed by atoms with van der Waals surface area (Å²) in [5, 5.41) is 2.31. The maximum absolute atomic E-state index is 11.9. The zero-order chi connectivity index (χ0) is 12.3. The van der Waals surface area contributed by atoms with Crippen LogP contribution in [-0.2, 0) is 16.6 Å². The first-order chi connectivity index (χ1) is 8.08. The van der Waals surface area contributed by atoms with Crippen LogP contribution < -0.4 is 4.72 Å². The third-order valence-corrected chi connectivity index (χ3v) is 4.63. The summed E-state index contributed by atoms with van der Waals surface area (Å²) in [7, 11) is -3.49. The summed E-state index contributed by atoms with van der Waals surface area (Å²) < 4.78 is 26.4. The summed E-state index contributed by atoms with van der Waals surface area (Å²) in [6.45, 7) is 0.298. The Morgan fingerprint density at radius 1 is 1.24 bits per heavy atom. The van der Waals surface area contributed by atoms with Crippen LogP contribution in [0.2, 0.25) is 5.02 Å². The molecule has 1 aromatic heterocycles. The molecule has 0 aliphatic heterocycles. The first kappa shape index (κ1) is 12.6. The number of nitrogens with one attached hydrogen (secondary N) is 1. The summed E-state index contributed by atoms with van der Waals surface area (Å²) >= 11 is 7.27. The minimum Gasteiger partial charge on any atom is -0.207 e. The normalized spacial score (nSPS) is 11.6. The molecular formula is C11H10ClNO2S2. The second-order valence-corrected chi connectivity index (χ2v) is 6.60. The Hall–Kier alpha value is -0.880. The van der Waals surface area contributed by atoms with Crippen molar-refractivity contribution in [1.82, 2.24) is 4.72 Å². The number of rotatable bonds is 4. The largest absolute Gasteiger partial charge is 0.240 e. The zero-order valence-corrected chi connectivity index (χ0v) is 11.1. The van der Waals surface area contributed by atoms with Gasteiger partial charge in [-0.3, -0.25) is 0 Å². The van der Waals surface area contributed by atoms with Crippen LogP contribution in [0.1, 0.15) is 4.88 Å². The van der Waals surface area contributed by atoms with Gasteiger partial charge in [0.2, 0.25) is 10.0 Å². The number of hydrogen-bond acceptors (Lipinski definition) is 3. The molecule has 0 unspecified atom stereocenters. The Balaban J connectivity index is 2.14. The fourth-order valence-electron chi connectivity index (χ4n) is 1.30. The maximum atomic E-state index is 11.9. The highest BCUT2D eigenvalue weighted by atomic mass is 35.5. The van der Waals surface area contributed by atoms with Crippen molar-refractivity contribution in [2.75, 3.05) is 0 Å². The predicted molar refractivity (Wildman–Crippen MR) is 69.8 cm³/mol. The van der Waals surface area contributed by atoms with E-state index in [2.05, 4.69) is 4.72 Å². The number of sulfonamides is 1. The highest BCUT2D eigenvalue weighted by molar-refractivity contribution is 7.89. The molecule has 0 fully saturated rings. The summed E-state index contributed by atoms with van der Waals surface area (Å²) in [4.78, 5) is 1.15. The molecule has 0 radical (unpaired) electrons. The molecule has 0 saturated heterocycles.